The Morgan fingerprint density at radius 2 is 1.77 bits per heavy atom. The quantitative estimate of drug-likeness (QED) is 0.135. The van der Waals surface area contributed by atoms with E-state index in [0.717, 1.165) is 32.1 Å². The van der Waals surface area contributed by atoms with Gasteiger partial charge in [-0.25, -0.2) is 0 Å². The van der Waals surface area contributed by atoms with Crippen molar-refractivity contribution in [3.05, 3.63) is 35.4 Å². The Morgan fingerprint density at radius 1 is 1.13 bits per heavy atom. The number of methoxy groups -OCH3 is 1. The number of ether oxygens (including phenoxy) is 1. The number of phosphoric ester groups is 1. The number of esters is 1. The molecule has 0 aliphatic rings. The fraction of sp³-hybridized carbons (Fsp3) is 0.600. The number of benzene rings is 1. The Hall–Kier alpha value is 0.270. The van der Waals surface area contributed by atoms with Gasteiger partial charge in [-0.3, -0.25) is 9.59 Å². The molecule has 0 bridgehead atoms. The number of hydrogen-bond acceptors (Lipinski definition) is 7. The van der Waals surface area contributed by atoms with Crippen LogP contribution in [0.3, 0.4) is 0 Å². The second-order valence-corrected chi connectivity index (χ2v) is 8.07. The number of hydrogen-bond donors (Lipinski definition) is 1. The molecule has 11 heteroatoms. The van der Waals surface area contributed by atoms with Crippen molar-refractivity contribution in [2.24, 2.45) is 0 Å². The molecule has 1 amide bonds. The van der Waals surface area contributed by atoms with Gasteiger partial charge in [-0.2, -0.15) is 0 Å². The van der Waals surface area contributed by atoms with Gasteiger partial charge in [0, 0.05) is 6.42 Å². The van der Waals surface area contributed by atoms with E-state index in [-0.39, 0.29) is 71.4 Å². The fourth-order valence-corrected chi connectivity index (χ4v) is 3.54. The van der Waals surface area contributed by atoms with E-state index < -0.39 is 25.9 Å². The molecule has 0 aliphatic carbocycles. The van der Waals surface area contributed by atoms with Crippen LogP contribution in [0.15, 0.2) is 24.3 Å². The van der Waals surface area contributed by atoms with Crippen molar-refractivity contribution in [1.82, 2.24) is 5.32 Å². The van der Waals surface area contributed by atoms with Gasteiger partial charge in [0.2, 0.25) is 5.91 Å². The van der Waals surface area contributed by atoms with Gasteiger partial charge in [0.25, 0.3) is 0 Å². The molecule has 0 heterocycles. The molecule has 0 aromatic heterocycles. The zero-order valence-corrected chi connectivity index (χ0v) is 24.1. The van der Waals surface area contributed by atoms with E-state index in [1.54, 1.807) is 24.3 Å². The zero-order valence-electron chi connectivity index (χ0n) is 19.2. The smallest absolute Gasteiger partial charge is 0.790 e. The Labute approximate surface area is 229 Å². The van der Waals surface area contributed by atoms with E-state index in [0.29, 0.717) is 17.5 Å². The molecule has 164 valence electrons. The van der Waals surface area contributed by atoms with Crippen LogP contribution in [-0.4, -0.2) is 25.1 Å². The van der Waals surface area contributed by atoms with Gasteiger partial charge in [0.05, 0.1) is 33.5 Å². The number of phosphoric acid groups is 1. The third kappa shape index (κ3) is 14.9. The van der Waals surface area contributed by atoms with Crippen LogP contribution in [-0.2, 0) is 29.8 Å². The molecule has 0 radical (unpaired) electrons. The monoisotopic (exact) mass is 473 g/mol. The topological polar surface area (TPSA) is 128 Å². The summed E-state index contributed by atoms with van der Waals surface area (Å²) in [4.78, 5) is 46.0. The zero-order chi connectivity index (χ0) is 21.9. The van der Waals surface area contributed by atoms with Crippen LogP contribution in [0.1, 0.15) is 69.5 Å². The van der Waals surface area contributed by atoms with Crippen LogP contribution in [0.2, 0.25) is 0 Å². The van der Waals surface area contributed by atoms with E-state index in [1.165, 1.54) is 14.0 Å². The van der Waals surface area contributed by atoms with E-state index in [2.05, 4.69) is 21.5 Å². The minimum absolute atomic E-state index is 0. The predicted octanol–water partition coefficient (Wildman–Crippen LogP) is -3.84. The number of unbranched alkanes of at least 4 members (excludes halogenated alkanes) is 4. The first-order valence-electron chi connectivity index (χ1n) is 9.81. The minimum atomic E-state index is -5.24. The first-order chi connectivity index (χ1) is 13.7. The molecule has 0 spiro atoms. The maximum absolute atomic E-state index is 12.4. The number of nitrogens with one attached hydrogen (secondary N) is 1. The summed E-state index contributed by atoms with van der Waals surface area (Å²) in [5.74, 6) is -0.685. The second kappa shape index (κ2) is 17.7. The molecule has 0 saturated carbocycles. The summed E-state index contributed by atoms with van der Waals surface area (Å²) in [6, 6.07) is 5.87. The van der Waals surface area contributed by atoms with Gasteiger partial charge in [-0.05, 0) is 24.5 Å². The molecule has 0 saturated heterocycles. The Kier molecular flexibility index (Phi) is 19.1. The summed E-state index contributed by atoms with van der Waals surface area (Å²) in [5, 5.41) is 2.76. The van der Waals surface area contributed by atoms with Crippen molar-refractivity contribution >= 4 is 19.7 Å². The summed E-state index contributed by atoms with van der Waals surface area (Å²) in [7, 11) is -3.95. The Balaban J connectivity index is 0. The van der Waals surface area contributed by atoms with Gasteiger partial charge in [-0.15, -0.1) is 0 Å². The summed E-state index contributed by atoms with van der Waals surface area (Å²) in [6.07, 6.45) is 4.15. The van der Waals surface area contributed by atoms with Crippen molar-refractivity contribution in [3.63, 3.8) is 0 Å². The molecular formula is C20H30NNa2O7P. The molecule has 1 rings (SSSR count). The fourth-order valence-electron chi connectivity index (χ4n) is 3.01. The molecule has 0 fully saturated rings. The van der Waals surface area contributed by atoms with Gasteiger partial charge >= 0.3 is 65.1 Å². The van der Waals surface area contributed by atoms with E-state index in [9.17, 15) is 23.9 Å². The summed E-state index contributed by atoms with van der Waals surface area (Å²) >= 11 is 0. The van der Waals surface area contributed by atoms with Gasteiger partial charge in [-0.1, -0.05) is 56.9 Å². The van der Waals surface area contributed by atoms with Gasteiger partial charge < -0.3 is 28.9 Å². The average Bonchev–Trinajstić information content (AvgIpc) is 2.64. The van der Waals surface area contributed by atoms with Crippen molar-refractivity contribution in [2.75, 3.05) is 7.11 Å². The molecular weight excluding hydrogens is 443 g/mol. The van der Waals surface area contributed by atoms with E-state index in [4.69, 9.17) is 0 Å². The molecule has 1 aromatic rings. The average molecular weight is 473 g/mol. The maximum Gasteiger partial charge on any atom is 1.00 e. The first-order valence-corrected chi connectivity index (χ1v) is 11.3. The molecule has 31 heavy (non-hydrogen) atoms. The molecule has 8 nitrogen and oxygen atoms in total. The Bertz CT molecular complexity index is 715. The van der Waals surface area contributed by atoms with E-state index in [1.807, 2.05) is 0 Å². The third-order valence-electron chi connectivity index (χ3n) is 4.47. The van der Waals surface area contributed by atoms with Crippen LogP contribution >= 0.6 is 7.82 Å². The largest absolute Gasteiger partial charge is 1.00 e. The molecule has 1 N–H and O–H groups in total. The van der Waals surface area contributed by atoms with Crippen LogP contribution in [0.5, 0.6) is 0 Å². The van der Waals surface area contributed by atoms with Crippen LogP contribution < -0.4 is 74.2 Å². The van der Waals surface area contributed by atoms with E-state index >= 15 is 0 Å². The molecule has 1 aromatic carbocycles. The number of carbonyl (C=O) groups is 2. The summed E-state index contributed by atoms with van der Waals surface area (Å²) in [5.41, 5.74) is 1.17. The molecule has 2 atom stereocenters. The molecule has 0 aliphatic heterocycles. The number of amides is 1. The molecule has 0 unspecified atom stereocenters. The van der Waals surface area contributed by atoms with Crippen LogP contribution in [0.4, 0.5) is 0 Å². The number of rotatable bonds is 13. The Morgan fingerprint density at radius 3 is 2.35 bits per heavy atom. The number of carbonyl (C=O) groups excluding carboxylic acids is 2. The van der Waals surface area contributed by atoms with Crippen molar-refractivity contribution in [3.8, 4) is 0 Å². The van der Waals surface area contributed by atoms with Gasteiger partial charge in [0.1, 0.15) is 0 Å². The standard InChI is InChI=1S/C20H32NO7P.2Na/c1-4-5-6-7-8-12-18(22)21-20(15(2)28-29(24,25)26)17-11-9-10-16(13-17)14-19(23)27-3;;/h9-11,13,15,20H,4-8,12,14H2,1-3H3,(H,21,22)(H2,24,25,26);;/q;2*+1/p-2/t15-,20-;;/m0../s1. The minimum Gasteiger partial charge on any atom is -0.790 e. The summed E-state index contributed by atoms with van der Waals surface area (Å²) in [6.45, 7) is 3.51. The second-order valence-electron chi connectivity index (χ2n) is 6.97. The first kappa shape index (κ1) is 33.4. The van der Waals surface area contributed by atoms with Crippen molar-refractivity contribution < 1.29 is 92.3 Å². The predicted molar refractivity (Wildman–Crippen MR) is 105 cm³/mol. The summed E-state index contributed by atoms with van der Waals surface area (Å²) < 4.78 is 20.3. The van der Waals surface area contributed by atoms with Crippen molar-refractivity contribution in [1.29, 1.82) is 0 Å². The SMILES string of the molecule is CCCCCCCC(=O)N[C@H](c1cccc(CC(=O)OC)c1)[C@H](C)OP(=O)([O-])[O-].[Na+].[Na+]. The maximum atomic E-state index is 12.4. The van der Waals surface area contributed by atoms with Crippen molar-refractivity contribution in [2.45, 2.75) is 70.9 Å². The normalized spacial score (nSPS) is 12.7. The van der Waals surface area contributed by atoms with Crippen LogP contribution in [0.25, 0.3) is 0 Å². The van der Waals surface area contributed by atoms with Crippen LogP contribution in [0, 0.1) is 0 Å². The third-order valence-corrected chi connectivity index (χ3v) is 5.07. The van der Waals surface area contributed by atoms with Gasteiger partial charge in [0.15, 0.2) is 0 Å².